The Bertz CT molecular complexity index is 1370. The van der Waals surface area contributed by atoms with E-state index in [1.165, 1.54) is 21.4 Å². The van der Waals surface area contributed by atoms with Gasteiger partial charge in [0.05, 0.1) is 18.6 Å². The zero-order valence-corrected chi connectivity index (χ0v) is 27.7. The molecule has 2 aliphatic rings. The van der Waals surface area contributed by atoms with E-state index in [1.54, 1.807) is 18.3 Å². The summed E-state index contributed by atoms with van der Waals surface area (Å²) >= 11 is 1.84. The highest BCUT2D eigenvalue weighted by Gasteiger charge is 2.36. The van der Waals surface area contributed by atoms with Gasteiger partial charge >= 0.3 is 6.09 Å². The maximum Gasteiger partial charge on any atom is 0.410 e. The van der Waals surface area contributed by atoms with Crippen LogP contribution in [0.3, 0.4) is 0 Å². The first-order valence-corrected chi connectivity index (χ1v) is 16.6. The number of ether oxygens (including phenoxy) is 3. The molecule has 43 heavy (non-hydrogen) atoms. The molecule has 1 aromatic carbocycles. The Morgan fingerprint density at radius 3 is 2.37 bits per heavy atom. The topological polar surface area (TPSA) is 77.0 Å². The lowest BCUT2D eigenvalue weighted by Crippen LogP contribution is -2.46. The zero-order chi connectivity index (χ0) is 30.7. The minimum absolute atomic E-state index is 0.161. The van der Waals surface area contributed by atoms with E-state index in [0.717, 1.165) is 74.3 Å². The predicted molar refractivity (Wildman–Crippen MR) is 173 cm³/mol. The van der Waals surface area contributed by atoms with Gasteiger partial charge in [0.1, 0.15) is 28.3 Å². The number of hydrogen-bond acceptors (Lipinski definition) is 8. The van der Waals surface area contributed by atoms with Crippen LogP contribution in [0.4, 0.5) is 10.6 Å². The number of fused-ring (bicyclic) bond motifs is 3. The molecule has 234 valence electrons. The first kappa shape index (κ1) is 31.5. The summed E-state index contributed by atoms with van der Waals surface area (Å²) < 4.78 is 16.9. The monoisotopic (exact) mass is 608 g/mol. The highest BCUT2D eigenvalue weighted by molar-refractivity contribution is 7.19. The molecule has 0 bridgehead atoms. The summed E-state index contributed by atoms with van der Waals surface area (Å²) in [5, 5.41) is 1.23. The number of anilines is 1. The summed E-state index contributed by atoms with van der Waals surface area (Å²) in [5.74, 6) is 2.35. The molecular formula is C34H48N4O4S. The molecule has 3 aromatic rings. The smallest absolute Gasteiger partial charge is 0.410 e. The van der Waals surface area contributed by atoms with Crippen molar-refractivity contribution in [2.45, 2.75) is 115 Å². The number of amides is 1. The van der Waals surface area contributed by atoms with Crippen molar-refractivity contribution in [3.05, 3.63) is 46.6 Å². The van der Waals surface area contributed by atoms with E-state index >= 15 is 0 Å². The van der Waals surface area contributed by atoms with E-state index < -0.39 is 5.60 Å². The highest BCUT2D eigenvalue weighted by Crippen LogP contribution is 2.48. The number of methoxy groups -OCH3 is 2. The van der Waals surface area contributed by atoms with Gasteiger partial charge < -0.3 is 24.0 Å². The van der Waals surface area contributed by atoms with Crippen molar-refractivity contribution in [1.82, 2.24) is 14.9 Å². The molecule has 9 heteroatoms. The van der Waals surface area contributed by atoms with Crippen LogP contribution in [0.15, 0.2) is 30.6 Å². The highest BCUT2D eigenvalue weighted by atomic mass is 32.1. The average molecular weight is 609 g/mol. The summed E-state index contributed by atoms with van der Waals surface area (Å²) in [4.78, 5) is 29.5. The van der Waals surface area contributed by atoms with Crippen molar-refractivity contribution in [1.29, 1.82) is 0 Å². The Morgan fingerprint density at radius 1 is 1.05 bits per heavy atom. The Labute approximate surface area is 260 Å². The van der Waals surface area contributed by atoms with Crippen molar-refractivity contribution in [2.24, 2.45) is 0 Å². The zero-order valence-electron chi connectivity index (χ0n) is 26.9. The molecule has 1 saturated carbocycles. The molecule has 2 aromatic heterocycles. The fourth-order valence-corrected chi connectivity index (χ4v) is 8.03. The van der Waals surface area contributed by atoms with Crippen LogP contribution < -0.4 is 9.64 Å². The van der Waals surface area contributed by atoms with Gasteiger partial charge in [-0.3, -0.25) is 0 Å². The maximum atomic E-state index is 12.8. The third-order valence-corrected chi connectivity index (χ3v) is 10.3. The lowest BCUT2D eigenvalue weighted by atomic mass is 9.88. The summed E-state index contributed by atoms with van der Waals surface area (Å²) in [5.41, 5.74) is 2.16. The van der Waals surface area contributed by atoms with Crippen molar-refractivity contribution in [2.75, 3.05) is 26.2 Å². The van der Waals surface area contributed by atoms with Crippen LogP contribution >= 0.6 is 11.3 Å². The molecule has 2 atom stereocenters. The van der Waals surface area contributed by atoms with Crippen molar-refractivity contribution < 1.29 is 19.0 Å². The van der Waals surface area contributed by atoms with E-state index in [1.807, 2.05) is 58.4 Å². The second-order valence-corrected chi connectivity index (χ2v) is 14.2. The van der Waals surface area contributed by atoms with Crippen LogP contribution in [0.25, 0.3) is 10.2 Å². The largest absolute Gasteiger partial charge is 0.497 e. The number of aromatic nitrogens is 2. The molecule has 5 rings (SSSR count). The van der Waals surface area contributed by atoms with E-state index in [2.05, 4.69) is 24.0 Å². The van der Waals surface area contributed by atoms with Crippen LogP contribution in [-0.4, -0.2) is 66.0 Å². The molecule has 2 heterocycles. The number of carbonyl (C=O) groups excluding carboxylic acids is 1. The molecule has 0 aliphatic heterocycles. The van der Waals surface area contributed by atoms with E-state index in [4.69, 9.17) is 24.2 Å². The van der Waals surface area contributed by atoms with Crippen LogP contribution in [0, 0.1) is 0 Å². The van der Waals surface area contributed by atoms with Gasteiger partial charge in [0.2, 0.25) is 0 Å². The first-order chi connectivity index (χ1) is 20.6. The number of rotatable bonds is 10. The Morgan fingerprint density at radius 2 is 1.74 bits per heavy atom. The Balaban J connectivity index is 1.46. The molecule has 1 amide bonds. The normalized spacial score (nSPS) is 21.0. The Hall–Kier alpha value is -2.91. The van der Waals surface area contributed by atoms with Crippen LogP contribution in [0.1, 0.15) is 94.6 Å². The summed E-state index contributed by atoms with van der Waals surface area (Å²) in [6.07, 6.45) is 9.83. The number of nitrogens with zero attached hydrogens (tertiary/aromatic N) is 4. The fourth-order valence-electron chi connectivity index (χ4n) is 6.80. The second-order valence-electron chi connectivity index (χ2n) is 13.1. The van der Waals surface area contributed by atoms with Gasteiger partial charge in [0, 0.05) is 37.7 Å². The number of aryl methyl sites for hydroxylation is 1. The van der Waals surface area contributed by atoms with Gasteiger partial charge in [-0.05, 0) is 101 Å². The minimum atomic E-state index is -0.505. The lowest BCUT2D eigenvalue weighted by Gasteiger charge is -2.40. The summed E-state index contributed by atoms with van der Waals surface area (Å²) in [6.45, 7) is 8.70. The number of hydrogen-bond donors (Lipinski definition) is 0. The first-order valence-electron chi connectivity index (χ1n) is 15.8. The quantitative estimate of drug-likeness (QED) is 0.233. The molecule has 1 fully saturated rings. The third-order valence-electron chi connectivity index (χ3n) is 9.17. The molecule has 0 N–H and O–H groups in total. The SMILES string of the molecule is CCC(C[C@H]1CCc2sc3ncnc(N(Cc4ccc(OC)cc4)[C@H]4CC[C@H](N(C)C(=O)OC(C)(C)C)CC4)c3c21)OC. The van der Waals surface area contributed by atoms with Gasteiger partial charge in [-0.1, -0.05) is 19.1 Å². The van der Waals surface area contributed by atoms with Crippen molar-refractivity contribution >= 4 is 33.5 Å². The van der Waals surface area contributed by atoms with Crippen molar-refractivity contribution in [3.8, 4) is 5.75 Å². The van der Waals surface area contributed by atoms with E-state index in [-0.39, 0.29) is 18.2 Å². The standard InChI is InChI=1S/C34H48N4O4S/c1-8-26(40-6)19-23-11-18-28-29(23)30-31(35-21-36-32(30)43-28)38(20-22-9-16-27(41-7)17-10-22)25-14-12-24(13-15-25)37(5)33(39)42-34(2,3)4/h9-10,16-17,21,23-26H,8,11-15,18-20H2,1-7H3/t23-,24-,25-,26?/m1/s1. The van der Waals surface area contributed by atoms with Gasteiger partial charge in [0.15, 0.2) is 0 Å². The van der Waals surface area contributed by atoms with Crippen LogP contribution in [-0.2, 0) is 22.4 Å². The molecular weight excluding hydrogens is 560 g/mol. The molecule has 1 unspecified atom stereocenters. The average Bonchev–Trinajstić information content (AvgIpc) is 3.57. The molecule has 0 radical (unpaired) electrons. The predicted octanol–water partition coefficient (Wildman–Crippen LogP) is 7.73. The van der Waals surface area contributed by atoms with Crippen LogP contribution in [0.5, 0.6) is 5.75 Å². The minimum Gasteiger partial charge on any atom is -0.497 e. The molecule has 8 nitrogen and oxygen atoms in total. The summed E-state index contributed by atoms with van der Waals surface area (Å²) in [6, 6.07) is 8.82. The third kappa shape index (κ3) is 7.09. The maximum absolute atomic E-state index is 12.8. The Kier molecular flexibility index (Phi) is 9.81. The molecule has 0 spiro atoms. The lowest BCUT2D eigenvalue weighted by molar-refractivity contribution is 0.0182. The number of carbonyl (C=O) groups is 1. The number of thiophene rings is 1. The van der Waals surface area contributed by atoms with E-state index in [9.17, 15) is 4.79 Å². The van der Waals surface area contributed by atoms with Crippen molar-refractivity contribution in [3.63, 3.8) is 0 Å². The molecule has 2 aliphatic carbocycles. The van der Waals surface area contributed by atoms with Crippen LogP contribution in [0.2, 0.25) is 0 Å². The van der Waals surface area contributed by atoms with Gasteiger partial charge in [0.25, 0.3) is 0 Å². The van der Waals surface area contributed by atoms with E-state index in [0.29, 0.717) is 12.0 Å². The molecule has 0 saturated heterocycles. The van der Waals surface area contributed by atoms with Gasteiger partial charge in [-0.15, -0.1) is 11.3 Å². The second kappa shape index (κ2) is 13.4. The van der Waals surface area contributed by atoms with Gasteiger partial charge in [-0.25, -0.2) is 14.8 Å². The van der Waals surface area contributed by atoms with Gasteiger partial charge in [-0.2, -0.15) is 0 Å². The summed E-state index contributed by atoms with van der Waals surface area (Å²) in [7, 11) is 5.41. The number of benzene rings is 1. The fraction of sp³-hybridized carbons (Fsp3) is 0.618.